The number of halogens is 2. The number of hydrogen-bond acceptors (Lipinski definition) is 6. The second-order valence-corrected chi connectivity index (χ2v) is 9.07. The third-order valence-corrected chi connectivity index (χ3v) is 6.57. The van der Waals surface area contributed by atoms with Crippen molar-refractivity contribution in [1.29, 1.82) is 0 Å². The zero-order valence-corrected chi connectivity index (χ0v) is 19.6. The number of nitrogens with zero attached hydrogens (tertiary/aromatic N) is 5. The van der Waals surface area contributed by atoms with Crippen LogP contribution in [0.1, 0.15) is 35.7 Å². The van der Waals surface area contributed by atoms with Gasteiger partial charge in [0.2, 0.25) is 0 Å². The van der Waals surface area contributed by atoms with E-state index in [2.05, 4.69) is 27.4 Å². The van der Waals surface area contributed by atoms with Gasteiger partial charge in [0.05, 0.1) is 24.0 Å². The van der Waals surface area contributed by atoms with Crippen LogP contribution in [0.2, 0.25) is 5.02 Å². The number of carbonyl (C=O) groups is 1. The molecule has 5 rings (SSSR count). The Labute approximate surface area is 200 Å². The first kappa shape index (κ1) is 22.3. The Morgan fingerprint density at radius 3 is 2.85 bits per heavy atom. The number of hydrogen-bond donors (Lipinski definition) is 1. The predicted octanol–water partition coefficient (Wildman–Crippen LogP) is 4.86. The highest BCUT2D eigenvalue weighted by atomic mass is 35.5. The zero-order valence-electron chi connectivity index (χ0n) is 18.8. The number of anilines is 1. The van der Waals surface area contributed by atoms with E-state index in [9.17, 15) is 9.18 Å². The van der Waals surface area contributed by atoms with Crippen LogP contribution >= 0.6 is 11.6 Å². The molecule has 2 aromatic carbocycles. The fourth-order valence-corrected chi connectivity index (χ4v) is 4.65. The number of rotatable bonds is 5. The first-order valence-electron chi connectivity index (χ1n) is 11.2. The Bertz CT molecular complexity index is 1340. The normalized spacial score (nSPS) is 18.4. The van der Waals surface area contributed by atoms with Crippen molar-refractivity contribution >= 4 is 34.6 Å². The van der Waals surface area contributed by atoms with E-state index in [1.165, 1.54) is 23.3 Å². The maximum absolute atomic E-state index is 14.4. The van der Waals surface area contributed by atoms with Crippen LogP contribution in [0.3, 0.4) is 0 Å². The maximum Gasteiger partial charge on any atom is 0.295 e. The highest BCUT2D eigenvalue weighted by Crippen LogP contribution is 2.29. The van der Waals surface area contributed by atoms with Crippen molar-refractivity contribution in [3.8, 4) is 5.69 Å². The summed E-state index contributed by atoms with van der Waals surface area (Å²) >= 11 is 6.05. The average Bonchev–Trinajstić information content (AvgIpc) is 3.49. The molecule has 0 bridgehead atoms. The molecule has 1 saturated heterocycles. The van der Waals surface area contributed by atoms with Crippen molar-refractivity contribution in [1.82, 2.24) is 24.9 Å². The van der Waals surface area contributed by atoms with Crippen molar-refractivity contribution in [2.75, 3.05) is 18.4 Å². The van der Waals surface area contributed by atoms with Gasteiger partial charge in [0, 0.05) is 24.2 Å². The molecule has 0 aliphatic carbocycles. The number of benzene rings is 2. The van der Waals surface area contributed by atoms with E-state index in [1.807, 2.05) is 4.90 Å². The molecular formula is C24H24ClFN6O2. The largest absolute Gasteiger partial charge is 0.424 e. The minimum absolute atomic E-state index is 0.108. The Hall–Kier alpha value is -3.46. The molecule has 3 heterocycles. The van der Waals surface area contributed by atoms with Crippen LogP contribution in [0.25, 0.3) is 16.8 Å². The topological polar surface area (TPSA) is 89.1 Å². The Morgan fingerprint density at radius 2 is 2.06 bits per heavy atom. The highest BCUT2D eigenvalue weighted by Gasteiger charge is 2.34. The lowest BCUT2D eigenvalue weighted by Crippen LogP contribution is -2.51. The molecule has 0 saturated carbocycles. The summed E-state index contributed by atoms with van der Waals surface area (Å²) in [6.45, 7) is 4.83. The number of amides is 1. The van der Waals surface area contributed by atoms with Crippen molar-refractivity contribution < 1.29 is 13.6 Å². The summed E-state index contributed by atoms with van der Waals surface area (Å²) < 4.78 is 20.2. The van der Waals surface area contributed by atoms with Crippen molar-refractivity contribution in [2.45, 2.75) is 32.7 Å². The molecule has 10 heteroatoms. The van der Waals surface area contributed by atoms with Crippen LogP contribution in [0, 0.1) is 18.7 Å². The van der Waals surface area contributed by atoms with E-state index in [0.717, 1.165) is 12.8 Å². The van der Waals surface area contributed by atoms with Crippen LogP contribution in [0.15, 0.2) is 47.1 Å². The monoisotopic (exact) mass is 482 g/mol. The van der Waals surface area contributed by atoms with Crippen molar-refractivity contribution in [3.05, 3.63) is 64.7 Å². The van der Waals surface area contributed by atoms with Gasteiger partial charge in [-0.2, -0.15) is 20.0 Å². The molecule has 8 nitrogen and oxygen atoms in total. The van der Waals surface area contributed by atoms with Gasteiger partial charge < -0.3 is 14.6 Å². The third kappa shape index (κ3) is 4.23. The van der Waals surface area contributed by atoms with Gasteiger partial charge in [0.25, 0.3) is 11.9 Å². The average molecular weight is 483 g/mol. The van der Waals surface area contributed by atoms with Crippen molar-refractivity contribution in [3.63, 3.8) is 0 Å². The number of carbonyl (C=O) groups excluding carboxylic acids is 1. The molecular weight excluding hydrogens is 459 g/mol. The first-order valence-corrected chi connectivity index (χ1v) is 11.6. The number of likely N-dealkylation sites (tertiary alicyclic amines) is 1. The summed E-state index contributed by atoms with van der Waals surface area (Å²) in [5, 5.41) is 12.0. The summed E-state index contributed by atoms with van der Waals surface area (Å²) in [5.41, 5.74) is 2.38. The van der Waals surface area contributed by atoms with Gasteiger partial charge in [0.1, 0.15) is 17.0 Å². The van der Waals surface area contributed by atoms with Crippen LogP contribution < -0.4 is 5.32 Å². The molecule has 1 fully saturated rings. The molecule has 1 amide bonds. The second-order valence-electron chi connectivity index (χ2n) is 8.63. The summed E-state index contributed by atoms with van der Waals surface area (Å²) in [4.78, 5) is 21.4. The number of aromatic nitrogens is 4. The Morgan fingerprint density at radius 1 is 1.26 bits per heavy atom. The Kier molecular flexibility index (Phi) is 5.95. The molecule has 34 heavy (non-hydrogen) atoms. The van der Waals surface area contributed by atoms with E-state index >= 15 is 0 Å². The van der Waals surface area contributed by atoms with Gasteiger partial charge in [-0.05, 0) is 55.5 Å². The predicted molar refractivity (Wildman–Crippen MR) is 127 cm³/mol. The zero-order chi connectivity index (χ0) is 23.8. The fraction of sp³-hybridized carbons (Fsp3) is 0.333. The molecule has 1 aliphatic rings. The second kappa shape index (κ2) is 9.06. The maximum atomic E-state index is 14.4. The quantitative estimate of drug-likeness (QED) is 0.437. The van der Waals surface area contributed by atoms with Gasteiger partial charge in [-0.15, -0.1) is 0 Å². The molecule has 0 radical (unpaired) electrons. The number of oxazole rings is 1. The summed E-state index contributed by atoms with van der Waals surface area (Å²) in [7, 11) is 0. The molecule has 2 aromatic heterocycles. The number of fused-ring (bicyclic) bond motifs is 1. The SMILES string of the molecule is Cc1cc(C(=O)N2CCCC(C)C2CNc2nc3cc(Cl)ccc3o2)c(-n2nccn2)cc1F. The van der Waals surface area contributed by atoms with E-state index < -0.39 is 5.82 Å². The lowest BCUT2D eigenvalue weighted by Gasteiger charge is -2.40. The number of aryl methyl sites for hydroxylation is 1. The van der Waals surface area contributed by atoms with Gasteiger partial charge in [-0.3, -0.25) is 4.79 Å². The lowest BCUT2D eigenvalue weighted by atomic mass is 9.90. The van der Waals surface area contributed by atoms with E-state index in [0.29, 0.717) is 52.0 Å². The standard InChI is InChI=1S/C24H24ClFN6O2/c1-14-4-3-9-31(21(14)13-27-24-30-19-11-16(25)5-6-22(19)34-24)23(33)17-10-15(2)18(26)12-20(17)32-28-7-8-29-32/h5-8,10-12,14,21H,3-4,9,13H2,1-2H3,(H,27,30). The highest BCUT2D eigenvalue weighted by molar-refractivity contribution is 6.31. The minimum Gasteiger partial charge on any atom is -0.424 e. The van der Waals surface area contributed by atoms with Gasteiger partial charge in [-0.1, -0.05) is 18.5 Å². The third-order valence-electron chi connectivity index (χ3n) is 6.33. The lowest BCUT2D eigenvalue weighted by molar-refractivity contribution is 0.0538. The molecule has 2 unspecified atom stereocenters. The molecule has 4 aromatic rings. The number of nitrogens with one attached hydrogen (secondary N) is 1. The van der Waals surface area contributed by atoms with E-state index in [1.54, 1.807) is 31.2 Å². The molecule has 2 atom stereocenters. The fourth-order valence-electron chi connectivity index (χ4n) is 4.48. The van der Waals surface area contributed by atoms with Gasteiger partial charge >= 0.3 is 0 Å². The summed E-state index contributed by atoms with van der Waals surface area (Å²) in [5.74, 6) is -0.347. The number of piperidine rings is 1. The van der Waals surface area contributed by atoms with E-state index in [-0.39, 0.29) is 17.9 Å². The van der Waals surface area contributed by atoms with E-state index in [4.69, 9.17) is 16.0 Å². The van der Waals surface area contributed by atoms with Crippen LogP contribution in [-0.2, 0) is 0 Å². The van der Waals surface area contributed by atoms with Gasteiger partial charge in [-0.25, -0.2) is 4.39 Å². The van der Waals surface area contributed by atoms with Gasteiger partial charge in [0.15, 0.2) is 5.58 Å². The van der Waals surface area contributed by atoms with Crippen LogP contribution in [0.5, 0.6) is 0 Å². The summed E-state index contributed by atoms with van der Waals surface area (Å²) in [6, 6.07) is 8.42. The summed E-state index contributed by atoms with van der Waals surface area (Å²) in [6.07, 6.45) is 4.88. The smallest absolute Gasteiger partial charge is 0.295 e. The molecule has 1 N–H and O–H groups in total. The molecule has 1 aliphatic heterocycles. The Balaban J connectivity index is 1.42. The van der Waals surface area contributed by atoms with Crippen LogP contribution in [-0.4, -0.2) is 49.9 Å². The first-order chi connectivity index (χ1) is 16.4. The molecule has 0 spiro atoms. The molecule has 176 valence electrons. The van der Waals surface area contributed by atoms with Crippen LogP contribution in [0.4, 0.5) is 10.4 Å². The van der Waals surface area contributed by atoms with Crippen molar-refractivity contribution in [2.24, 2.45) is 5.92 Å². The minimum atomic E-state index is -0.412.